The summed E-state index contributed by atoms with van der Waals surface area (Å²) in [6, 6.07) is 27.9. The molecular weight excluding hydrogens is 372 g/mol. The van der Waals surface area contributed by atoms with Gasteiger partial charge in [0, 0.05) is 16.0 Å². The Bertz CT molecular complexity index is 1130. The predicted octanol–water partition coefficient (Wildman–Crippen LogP) is 6.29. The van der Waals surface area contributed by atoms with E-state index in [0.717, 1.165) is 16.3 Å². The monoisotopic (exact) mass is 388 g/mol. The molecule has 3 nitrogen and oxygen atoms in total. The van der Waals surface area contributed by atoms with Crippen LogP contribution in [0.1, 0.15) is 15.9 Å². The zero-order valence-electron chi connectivity index (χ0n) is 15.0. The standard InChI is InChI=1S/C24H17ClO3/c25-21-13-5-2-9-18(21)16-27-22-14-6-4-12-20(22)24(26)28-23-15-7-10-17-8-1-3-11-19(17)23/h1-15H,16H2. The first-order valence-electron chi connectivity index (χ1n) is 8.87. The van der Waals surface area contributed by atoms with Gasteiger partial charge in [-0.2, -0.15) is 0 Å². The van der Waals surface area contributed by atoms with Crippen LogP contribution in [0.25, 0.3) is 10.8 Å². The van der Waals surface area contributed by atoms with Gasteiger partial charge in [0.25, 0.3) is 0 Å². The SMILES string of the molecule is O=C(Oc1cccc2ccccc12)c1ccccc1OCc1ccccc1Cl. The van der Waals surface area contributed by atoms with Crippen LogP contribution in [0.4, 0.5) is 0 Å². The molecule has 0 radical (unpaired) electrons. The second-order valence-corrected chi connectivity index (χ2v) is 6.65. The molecule has 0 aliphatic heterocycles. The van der Waals surface area contributed by atoms with Crippen LogP contribution in [0, 0.1) is 0 Å². The number of fused-ring (bicyclic) bond motifs is 1. The molecule has 0 spiro atoms. The molecule has 0 aromatic heterocycles. The van der Waals surface area contributed by atoms with E-state index in [0.29, 0.717) is 22.1 Å². The Morgan fingerprint density at radius 2 is 1.43 bits per heavy atom. The lowest BCUT2D eigenvalue weighted by Crippen LogP contribution is -2.11. The fourth-order valence-electron chi connectivity index (χ4n) is 2.97. The highest BCUT2D eigenvalue weighted by molar-refractivity contribution is 6.31. The zero-order valence-corrected chi connectivity index (χ0v) is 15.7. The van der Waals surface area contributed by atoms with Gasteiger partial charge in [-0.15, -0.1) is 0 Å². The van der Waals surface area contributed by atoms with Crippen LogP contribution in [0.2, 0.25) is 5.02 Å². The second-order valence-electron chi connectivity index (χ2n) is 6.24. The topological polar surface area (TPSA) is 35.5 Å². The number of carbonyl (C=O) groups excluding carboxylic acids is 1. The van der Waals surface area contributed by atoms with Crippen molar-refractivity contribution in [2.45, 2.75) is 6.61 Å². The van der Waals surface area contributed by atoms with Crippen LogP contribution in [-0.2, 0) is 6.61 Å². The van der Waals surface area contributed by atoms with Gasteiger partial charge in [0.1, 0.15) is 23.7 Å². The average molecular weight is 389 g/mol. The van der Waals surface area contributed by atoms with Crippen molar-refractivity contribution < 1.29 is 14.3 Å². The minimum Gasteiger partial charge on any atom is -0.488 e. The summed E-state index contributed by atoms with van der Waals surface area (Å²) in [5.41, 5.74) is 1.21. The van der Waals surface area contributed by atoms with Crippen molar-refractivity contribution in [2.75, 3.05) is 0 Å². The lowest BCUT2D eigenvalue weighted by molar-refractivity contribution is 0.0732. The summed E-state index contributed by atoms with van der Waals surface area (Å²) in [7, 11) is 0. The quantitative estimate of drug-likeness (QED) is 0.297. The molecule has 138 valence electrons. The van der Waals surface area contributed by atoms with Crippen molar-refractivity contribution in [1.82, 2.24) is 0 Å². The van der Waals surface area contributed by atoms with Gasteiger partial charge in [0.2, 0.25) is 0 Å². The first-order valence-corrected chi connectivity index (χ1v) is 9.25. The molecule has 0 saturated carbocycles. The van der Waals surface area contributed by atoms with Gasteiger partial charge in [-0.05, 0) is 29.7 Å². The predicted molar refractivity (Wildman–Crippen MR) is 111 cm³/mol. The maximum absolute atomic E-state index is 12.8. The van der Waals surface area contributed by atoms with E-state index >= 15 is 0 Å². The van der Waals surface area contributed by atoms with Gasteiger partial charge >= 0.3 is 5.97 Å². The minimum atomic E-state index is -0.467. The molecule has 0 atom stereocenters. The smallest absolute Gasteiger partial charge is 0.347 e. The molecule has 28 heavy (non-hydrogen) atoms. The molecule has 4 heteroatoms. The number of ether oxygens (including phenoxy) is 2. The van der Waals surface area contributed by atoms with Crippen molar-refractivity contribution in [3.05, 3.63) is 107 Å². The fraction of sp³-hybridized carbons (Fsp3) is 0.0417. The highest BCUT2D eigenvalue weighted by Gasteiger charge is 2.16. The molecule has 4 rings (SSSR count). The Balaban J connectivity index is 1.57. The summed E-state index contributed by atoms with van der Waals surface area (Å²) < 4.78 is 11.6. The van der Waals surface area contributed by atoms with Crippen LogP contribution in [0.3, 0.4) is 0 Å². The second kappa shape index (κ2) is 8.15. The summed E-state index contributed by atoms with van der Waals surface area (Å²) >= 11 is 6.18. The first kappa shape index (κ1) is 18.1. The van der Waals surface area contributed by atoms with Gasteiger partial charge in [0.15, 0.2) is 0 Å². The number of hydrogen-bond acceptors (Lipinski definition) is 3. The van der Waals surface area contributed by atoms with Crippen LogP contribution in [0.15, 0.2) is 91.0 Å². The van der Waals surface area contributed by atoms with Crippen LogP contribution in [0.5, 0.6) is 11.5 Å². The van der Waals surface area contributed by atoms with Gasteiger partial charge in [-0.3, -0.25) is 0 Å². The number of hydrogen-bond donors (Lipinski definition) is 0. The third-order valence-electron chi connectivity index (χ3n) is 4.40. The number of carbonyl (C=O) groups is 1. The summed E-state index contributed by atoms with van der Waals surface area (Å²) in [5.74, 6) is 0.503. The van der Waals surface area contributed by atoms with Crippen molar-refractivity contribution in [3.8, 4) is 11.5 Å². The maximum atomic E-state index is 12.8. The Labute approximate surface area is 168 Å². The molecule has 0 bridgehead atoms. The summed E-state index contributed by atoms with van der Waals surface area (Å²) in [5, 5.41) is 2.52. The van der Waals surface area contributed by atoms with Crippen LogP contribution in [-0.4, -0.2) is 5.97 Å². The van der Waals surface area contributed by atoms with Crippen molar-refractivity contribution in [3.63, 3.8) is 0 Å². The lowest BCUT2D eigenvalue weighted by atomic mass is 10.1. The largest absolute Gasteiger partial charge is 0.488 e. The third kappa shape index (κ3) is 3.85. The summed E-state index contributed by atoms with van der Waals surface area (Å²) in [6.45, 7) is 0.262. The third-order valence-corrected chi connectivity index (χ3v) is 4.77. The Morgan fingerprint density at radius 3 is 2.32 bits per heavy atom. The van der Waals surface area contributed by atoms with Crippen molar-refractivity contribution >= 4 is 28.3 Å². The molecule has 0 unspecified atom stereocenters. The maximum Gasteiger partial charge on any atom is 0.347 e. The van der Waals surface area contributed by atoms with Crippen LogP contribution < -0.4 is 9.47 Å². The van der Waals surface area contributed by atoms with Crippen LogP contribution >= 0.6 is 11.6 Å². The molecule has 4 aromatic carbocycles. The summed E-state index contributed by atoms with van der Waals surface area (Å²) in [6.07, 6.45) is 0. The molecule has 0 N–H and O–H groups in total. The molecule has 0 heterocycles. The fourth-order valence-corrected chi connectivity index (χ4v) is 3.16. The van der Waals surface area contributed by atoms with Crippen molar-refractivity contribution in [2.24, 2.45) is 0 Å². The number of benzene rings is 4. The molecule has 0 aliphatic rings. The van der Waals surface area contributed by atoms with E-state index in [4.69, 9.17) is 21.1 Å². The molecule has 0 fully saturated rings. The highest BCUT2D eigenvalue weighted by Crippen LogP contribution is 2.28. The van der Waals surface area contributed by atoms with E-state index in [-0.39, 0.29) is 6.61 Å². The van der Waals surface area contributed by atoms with Crippen molar-refractivity contribution in [1.29, 1.82) is 0 Å². The summed E-state index contributed by atoms with van der Waals surface area (Å²) in [4.78, 5) is 12.8. The van der Waals surface area contributed by atoms with E-state index in [1.807, 2.05) is 60.7 Å². The Morgan fingerprint density at radius 1 is 0.750 bits per heavy atom. The van der Waals surface area contributed by atoms with E-state index in [1.54, 1.807) is 30.3 Å². The molecule has 0 saturated heterocycles. The number of rotatable bonds is 5. The van der Waals surface area contributed by atoms with E-state index < -0.39 is 5.97 Å². The lowest BCUT2D eigenvalue weighted by Gasteiger charge is -2.12. The number of para-hydroxylation sites is 1. The molecule has 0 aliphatic carbocycles. The highest BCUT2D eigenvalue weighted by atomic mass is 35.5. The molecule has 4 aromatic rings. The minimum absolute atomic E-state index is 0.262. The normalized spacial score (nSPS) is 10.6. The molecular formula is C24H17ClO3. The Kier molecular flexibility index (Phi) is 5.27. The Hall–Kier alpha value is -3.30. The van der Waals surface area contributed by atoms with Gasteiger partial charge in [-0.1, -0.05) is 78.3 Å². The molecule has 0 amide bonds. The average Bonchev–Trinajstić information content (AvgIpc) is 2.74. The zero-order chi connectivity index (χ0) is 19.3. The van der Waals surface area contributed by atoms with Gasteiger partial charge in [0.05, 0.1) is 0 Å². The number of esters is 1. The van der Waals surface area contributed by atoms with Gasteiger partial charge < -0.3 is 9.47 Å². The van der Waals surface area contributed by atoms with E-state index in [9.17, 15) is 4.79 Å². The van der Waals surface area contributed by atoms with E-state index in [2.05, 4.69) is 0 Å². The van der Waals surface area contributed by atoms with E-state index in [1.165, 1.54) is 0 Å². The first-order chi connectivity index (χ1) is 13.7. The van der Waals surface area contributed by atoms with Gasteiger partial charge in [-0.25, -0.2) is 4.79 Å². The number of halogens is 1.